The van der Waals surface area contributed by atoms with E-state index in [1.165, 1.54) is 0 Å². The second kappa shape index (κ2) is 4.85. The highest BCUT2D eigenvalue weighted by molar-refractivity contribution is 5.69. The topological polar surface area (TPSA) is 70.6 Å². The number of rotatable bonds is 4. The van der Waals surface area contributed by atoms with E-state index < -0.39 is 0 Å². The van der Waals surface area contributed by atoms with Gasteiger partial charge in [0.1, 0.15) is 11.9 Å². The van der Waals surface area contributed by atoms with E-state index in [4.69, 9.17) is 9.84 Å². The maximum absolute atomic E-state index is 10.7. The lowest BCUT2D eigenvalue weighted by atomic mass is 10.2. The van der Waals surface area contributed by atoms with Crippen LogP contribution in [0.5, 0.6) is 5.75 Å². The summed E-state index contributed by atoms with van der Waals surface area (Å²) in [6.45, 7) is 1.87. The summed E-state index contributed by atoms with van der Waals surface area (Å²) < 4.78 is 4.97. The molecule has 0 aromatic heterocycles. The number of phenolic OH excluding ortho intramolecular Hbond substituents is 1. The second-order valence-corrected chi connectivity index (χ2v) is 3.71. The molecule has 1 fully saturated rings. The molecule has 1 aliphatic rings. The SMILES string of the molecule is O=C1NCC(CNCc2ccc(O)cc2)O1. The van der Waals surface area contributed by atoms with Crippen molar-refractivity contribution in [2.24, 2.45) is 0 Å². The zero-order valence-electron chi connectivity index (χ0n) is 8.77. The van der Waals surface area contributed by atoms with Crippen molar-refractivity contribution >= 4 is 6.09 Å². The Hall–Kier alpha value is -1.75. The number of nitrogens with one attached hydrogen (secondary N) is 2. The zero-order chi connectivity index (χ0) is 11.4. The van der Waals surface area contributed by atoms with E-state index in [0.29, 0.717) is 19.6 Å². The molecular formula is C11H14N2O3. The average Bonchev–Trinajstić information content (AvgIpc) is 2.67. The summed E-state index contributed by atoms with van der Waals surface area (Å²) in [4.78, 5) is 10.7. The normalized spacial score (nSPS) is 19.2. The first-order valence-electron chi connectivity index (χ1n) is 5.17. The monoisotopic (exact) mass is 222 g/mol. The number of cyclic esters (lactones) is 1. The van der Waals surface area contributed by atoms with E-state index >= 15 is 0 Å². The molecule has 1 saturated heterocycles. The molecule has 0 spiro atoms. The third-order valence-electron chi connectivity index (χ3n) is 2.39. The number of benzene rings is 1. The van der Waals surface area contributed by atoms with Crippen molar-refractivity contribution in [2.75, 3.05) is 13.1 Å². The number of alkyl carbamates (subject to hydrolysis) is 1. The van der Waals surface area contributed by atoms with Crippen LogP contribution in [0.1, 0.15) is 5.56 Å². The number of aromatic hydroxyl groups is 1. The van der Waals surface area contributed by atoms with Gasteiger partial charge in [0, 0.05) is 13.1 Å². The van der Waals surface area contributed by atoms with E-state index in [-0.39, 0.29) is 17.9 Å². The first kappa shape index (κ1) is 10.8. The van der Waals surface area contributed by atoms with Crippen molar-refractivity contribution in [1.82, 2.24) is 10.6 Å². The summed E-state index contributed by atoms with van der Waals surface area (Å²) in [5, 5.41) is 14.9. The quantitative estimate of drug-likeness (QED) is 0.697. The third-order valence-corrected chi connectivity index (χ3v) is 2.39. The molecule has 0 radical (unpaired) electrons. The first-order chi connectivity index (χ1) is 7.74. The van der Waals surface area contributed by atoms with Crippen LogP contribution in [0.4, 0.5) is 4.79 Å². The Morgan fingerprint density at radius 3 is 2.81 bits per heavy atom. The van der Waals surface area contributed by atoms with Gasteiger partial charge < -0.3 is 20.5 Å². The Balaban J connectivity index is 1.72. The molecule has 2 rings (SSSR count). The maximum atomic E-state index is 10.7. The molecule has 1 aromatic rings. The van der Waals surface area contributed by atoms with Crippen LogP contribution in [0, 0.1) is 0 Å². The van der Waals surface area contributed by atoms with Gasteiger partial charge in [-0.2, -0.15) is 0 Å². The fourth-order valence-electron chi connectivity index (χ4n) is 1.54. The largest absolute Gasteiger partial charge is 0.508 e. The average molecular weight is 222 g/mol. The number of ether oxygens (including phenoxy) is 1. The fourth-order valence-corrected chi connectivity index (χ4v) is 1.54. The molecule has 1 unspecified atom stereocenters. The summed E-state index contributed by atoms with van der Waals surface area (Å²) in [5.41, 5.74) is 1.08. The van der Waals surface area contributed by atoms with Gasteiger partial charge in [-0.15, -0.1) is 0 Å². The van der Waals surface area contributed by atoms with Gasteiger partial charge in [0.05, 0.1) is 6.54 Å². The van der Waals surface area contributed by atoms with Crippen molar-refractivity contribution < 1.29 is 14.6 Å². The Morgan fingerprint density at radius 1 is 1.44 bits per heavy atom. The summed E-state index contributed by atoms with van der Waals surface area (Å²) in [6.07, 6.45) is -0.443. The Labute approximate surface area is 93.4 Å². The van der Waals surface area contributed by atoms with Crippen LogP contribution in [0.15, 0.2) is 24.3 Å². The minimum atomic E-state index is -0.351. The lowest BCUT2D eigenvalue weighted by Crippen LogP contribution is -2.29. The van der Waals surface area contributed by atoms with E-state index in [1.807, 2.05) is 12.1 Å². The Bertz CT molecular complexity index is 364. The molecule has 16 heavy (non-hydrogen) atoms. The van der Waals surface area contributed by atoms with Crippen LogP contribution < -0.4 is 10.6 Å². The minimum Gasteiger partial charge on any atom is -0.508 e. The van der Waals surface area contributed by atoms with Gasteiger partial charge in [0.15, 0.2) is 0 Å². The van der Waals surface area contributed by atoms with Gasteiger partial charge in [-0.25, -0.2) is 4.79 Å². The second-order valence-electron chi connectivity index (χ2n) is 3.71. The number of carbonyl (C=O) groups is 1. The molecule has 1 aromatic carbocycles. The number of carbonyl (C=O) groups excluding carboxylic acids is 1. The van der Waals surface area contributed by atoms with Crippen LogP contribution in [-0.2, 0) is 11.3 Å². The van der Waals surface area contributed by atoms with Crippen molar-refractivity contribution in [1.29, 1.82) is 0 Å². The molecule has 3 N–H and O–H groups in total. The van der Waals surface area contributed by atoms with Crippen molar-refractivity contribution in [3.63, 3.8) is 0 Å². The fraction of sp³-hybridized carbons (Fsp3) is 0.364. The predicted molar refractivity (Wildman–Crippen MR) is 58.1 cm³/mol. The molecule has 1 amide bonds. The van der Waals surface area contributed by atoms with Gasteiger partial charge in [-0.3, -0.25) is 0 Å². The number of hydrogen-bond donors (Lipinski definition) is 3. The van der Waals surface area contributed by atoms with Crippen LogP contribution in [-0.4, -0.2) is 30.4 Å². The molecule has 0 aliphatic carbocycles. The predicted octanol–water partition coefficient (Wildman–Crippen LogP) is 0.590. The van der Waals surface area contributed by atoms with Crippen molar-refractivity contribution in [2.45, 2.75) is 12.6 Å². The van der Waals surface area contributed by atoms with Gasteiger partial charge in [-0.05, 0) is 17.7 Å². The molecule has 1 heterocycles. The smallest absolute Gasteiger partial charge is 0.407 e. The number of phenols is 1. The highest BCUT2D eigenvalue weighted by atomic mass is 16.6. The highest BCUT2D eigenvalue weighted by Crippen LogP contribution is 2.09. The van der Waals surface area contributed by atoms with Gasteiger partial charge >= 0.3 is 6.09 Å². The lowest BCUT2D eigenvalue weighted by Gasteiger charge is -2.09. The van der Waals surface area contributed by atoms with Crippen LogP contribution in [0.2, 0.25) is 0 Å². The lowest BCUT2D eigenvalue weighted by molar-refractivity contribution is 0.139. The molecule has 5 nitrogen and oxygen atoms in total. The van der Waals surface area contributed by atoms with Crippen LogP contribution in [0.3, 0.4) is 0 Å². The van der Waals surface area contributed by atoms with Gasteiger partial charge in [-0.1, -0.05) is 12.1 Å². The Morgan fingerprint density at radius 2 is 2.19 bits per heavy atom. The summed E-state index contributed by atoms with van der Waals surface area (Å²) in [6, 6.07) is 6.99. The van der Waals surface area contributed by atoms with E-state index in [0.717, 1.165) is 5.56 Å². The molecule has 0 saturated carbocycles. The summed E-state index contributed by atoms with van der Waals surface area (Å²) in [5.74, 6) is 0.262. The van der Waals surface area contributed by atoms with Crippen molar-refractivity contribution in [3.05, 3.63) is 29.8 Å². The molecule has 1 atom stereocenters. The third kappa shape index (κ3) is 2.87. The molecule has 86 valence electrons. The summed E-state index contributed by atoms with van der Waals surface area (Å²) in [7, 11) is 0. The number of hydrogen-bond acceptors (Lipinski definition) is 4. The van der Waals surface area contributed by atoms with Gasteiger partial charge in [0.25, 0.3) is 0 Å². The Kier molecular flexibility index (Phi) is 3.26. The first-order valence-corrected chi connectivity index (χ1v) is 5.17. The van der Waals surface area contributed by atoms with Crippen molar-refractivity contribution in [3.8, 4) is 5.75 Å². The van der Waals surface area contributed by atoms with E-state index in [9.17, 15) is 4.79 Å². The van der Waals surface area contributed by atoms with Gasteiger partial charge in [0.2, 0.25) is 0 Å². The minimum absolute atomic E-state index is 0.0929. The summed E-state index contributed by atoms with van der Waals surface area (Å²) >= 11 is 0. The molecule has 0 bridgehead atoms. The molecule has 5 heteroatoms. The zero-order valence-corrected chi connectivity index (χ0v) is 8.77. The maximum Gasteiger partial charge on any atom is 0.407 e. The standard InChI is InChI=1S/C11H14N2O3/c14-9-3-1-8(2-4-9)5-12-6-10-7-13-11(15)16-10/h1-4,10,12,14H,5-7H2,(H,13,15). The molecule has 1 aliphatic heterocycles. The van der Waals surface area contributed by atoms with E-state index in [2.05, 4.69) is 10.6 Å². The number of amides is 1. The highest BCUT2D eigenvalue weighted by Gasteiger charge is 2.21. The van der Waals surface area contributed by atoms with E-state index in [1.54, 1.807) is 12.1 Å². The van der Waals surface area contributed by atoms with Crippen LogP contribution >= 0.6 is 0 Å². The molecular weight excluding hydrogens is 208 g/mol. The van der Waals surface area contributed by atoms with Crippen LogP contribution in [0.25, 0.3) is 0 Å².